The van der Waals surface area contributed by atoms with Crippen LogP contribution in [0, 0.1) is 6.92 Å². The number of rotatable bonds is 3. The van der Waals surface area contributed by atoms with Crippen molar-refractivity contribution in [3.05, 3.63) is 35.5 Å². The Kier molecular flexibility index (Phi) is 4.20. The maximum absolute atomic E-state index is 5.44. The first kappa shape index (κ1) is 15.5. The van der Waals surface area contributed by atoms with E-state index in [1.165, 1.54) is 0 Å². The van der Waals surface area contributed by atoms with Crippen LogP contribution in [0.2, 0.25) is 0 Å². The van der Waals surface area contributed by atoms with Gasteiger partial charge in [0.1, 0.15) is 18.2 Å². The van der Waals surface area contributed by atoms with Crippen molar-refractivity contribution in [1.82, 2.24) is 24.6 Å². The molecule has 1 saturated heterocycles. The molecule has 4 heterocycles. The van der Waals surface area contributed by atoms with Crippen molar-refractivity contribution in [3.63, 3.8) is 0 Å². The molecule has 7 heteroatoms. The van der Waals surface area contributed by atoms with Crippen LogP contribution < -0.4 is 4.90 Å². The van der Waals surface area contributed by atoms with E-state index in [9.17, 15) is 0 Å². The number of nitrogens with zero attached hydrogens (tertiary/aromatic N) is 6. The van der Waals surface area contributed by atoms with Crippen LogP contribution in [0.4, 0.5) is 5.82 Å². The standard InChI is InChI=1S/C17H24N6O/c1-13-4-3-5-15(18-13)22-7-6-21(14(2)10-22)11-16-19-20-17-12-24-9-8-23(16)17/h3-5,14H,6-12H2,1-2H3/t14-/m1/s1. The van der Waals surface area contributed by atoms with Gasteiger partial charge < -0.3 is 14.2 Å². The number of hydrogen-bond donors (Lipinski definition) is 0. The Bertz CT molecular complexity index is 715. The molecule has 0 N–H and O–H groups in total. The zero-order valence-corrected chi connectivity index (χ0v) is 14.4. The molecule has 0 aliphatic carbocycles. The summed E-state index contributed by atoms with van der Waals surface area (Å²) in [7, 11) is 0. The van der Waals surface area contributed by atoms with Gasteiger partial charge in [0.25, 0.3) is 0 Å². The van der Waals surface area contributed by atoms with E-state index in [4.69, 9.17) is 4.74 Å². The Morgan fingerprint density at radius 3 is 2.96 bits per heavy atom. The average molecular weight is 328 g/mol. The van der Waals surface area contributed by atoms with Crippen LogP contribution in [0.1, 0.15) is 24.3 Å². The van der Waals surface area contributed by atoms with E-state index in [0.717, 1.165) is 62.5 Å². The van der Waals surface area contributed by atoms with Gasteiger partial charge in [-0.1, -0.05) is 6.07 Å². The minimum Gasteiger partial charge on any atom is -0.372 e. The van der Waals surface area contributed by atoms with E-state index in [0.29, 0.717) is 12.6 Å². The van der Waals surface area contributed by atoms with Crippen molar-refractivity contribution in [3.8, 4) is 0 Å². The van der Waals surface area contributed by atoms with Crippen molar-refractivity contribution < 1.29 is 4.74 Å². The number of fused-ring (bicyclic) bond motifs is 1. The highest BCUT2D eigenvalue weighted by molar-refractivity contribution is 5.40. The molecule has 4 rings (SSSR count). The van der Waals surface area contributed by atoms with Crippen molar-refractivity contribution in [2.24, 2.45) is 0 Å². The summed E-state index contributed by atoms with van der Waals surface area (Å²) in [6.07, 6.45) is 0. The van der Waals surface area contributed by atoms with Gasteiger partial charge in [0, 0.05) is 37.9 Å². The summed E-state index contributed by atoms with van der Waals surface area (Å²) in [4.78, 5) is 9.52. The van der Waals surface area contributed by atoms with Crippen LogP contribution in [0.15, 0.2) is 18.2 Å². The number of anilines is 1. The largest absolute Gasteiger partial charge is 0.372 e. The third-order valence-corrected chi connectivity index (χ3v) is 4.90. The first-order valence-corrected chi connectivity index (χ1v) is 8.62. The molecule has 2 aliphatic heterocycles. The molecule has 0 bridgehead atoms. The molecule has 7 nitrogen and oxygen atoms in total. The van der Waals surface area contributed by atoms with Crippen LogP contribution in [0.5, 0.6) is 0 Å². The average Bonchev–Trinajstić information content (AvgIpc) is 3.00. The highest BCUT2D eigenvalue weighted by Gasteiger charge is 2.27. The number of aromatic nitrogens is 4. The second-order valence-electron chi connectivity index (χ2n) is 6.64. The quantitative estimate of drug-likeness (QED) is 0.844. The van der Waals surface area contributed by atoms with Crippen LogP contribution in [0.25, 0.3) is 0 Å². The van der Waals surface area contributed by atoms with E-state index >= 15 is 0 Å². The third kappa shape index (κ3) is 3.01. The number of piperazine rings is 1. The van der Waals surface area contributed by atoms with E-state index in [1.807, 2.05) is 13.0 Å². The molecule has 0 amide bonds. The highest BCUT2D eigenvalue weighted by Crippen LogP contribution is 2.19. The summed E-state index contributed by atoms with van der Waals surface area (Å²) in [5.41, 5.74) is 1.07. The Labute approximate surface area is 142 Å². The zero-order valence-electron chi connectivity index (χ0n) is 14.4. The summed E-state index contributed by atoms with van der Waals surface area (Å²) < 4.78 is 7.66. The lowest BCUT2D eigenvalue weighted by Gasteiger charge is -2.40. The molecule has 24 heavy (non-hydrogen) atoms. The first-order chi connectivity index (χ1) is 11.7. The molecular formula is C17H24N6O. The molecule has 2 aliphatic rings. The smallest absolute Gasteiger partial charge is 0.159 e. The SMILES string of the molecule is Cc1cccc(N2CCN(Cc3nnc4n3CCOC4)[C@H](C)C2)n1. The van der Waals surface area contributed by atoms with Gasteiger partial charge in [0.15, 0.2) is 5.82 Å². The highest BCUT2D eigenvalue weighted by atomic mass is 16.5. The van der Waals surface area contributed by atoms with Gasteiger partial charge in [0.2, 0.25) is 0 Å². The van der Waals surface area contributed by atoms with Crippen LogP contribution in [-0.2, 0) is 24.4 Å². The van der Waals surface area contributed by atoms with Gasteiger partial charge >= 0.3 is 0 Å². The lowest BCUT2D eigenvalue weighted by molar-refractivity contribution is 0.0787. The summed E-state index contributed by atoms with van der Waals surface area (Å²) in [5, 5.41) is 8.64. The number of pyridine rings is 1. The minimum atomic E-state index is 0.453. The second-order valence-corrected chi connectivity index (χ2v) is 6.64. The summed E-state index contributed by atoms with van der Waals surface area (Å²) >= 11 is 0. The maximum atomic E-state index is 5.44. The molecular weight excluding hydrogens is 304 g/mol. The number of ether oxygens (including phenoxy) is 1. The van der Waals surface area contributed by atoms with Gasteiger partial charge in [-0.25, -0.2) is 4.98 Å². The van der Waals surface area contributed by atoms with Crippen LogP contribution in [-0.4, -0.2) is 56.9 Å². The van der Waals surface area contributed by atoms with E-state index in [2.05, 4.69) is 48.6 Å². The van der Waals surface area contributed by atoms with Gasteiger partial charge in [-0.15, -0.1) is 10.2 Å². The van der Waals surface area contributed by atoms with Gasteiger partial charge in [-0.3, -0.25) is 4.90 Å². The Hall–Kier alpha value is -1.99. The molecule has 0 spiro atoms. The van der Waals surface area contributed by atoms with Crippen molar-refractivity contribution in [2.45, 2.75) is 39.6 Å². The molecule has 0 saturated carbocycles. The van der Waals surface area contributed by atoms with E-state index in [-0.39, 0.29) is 0 Å². The van der Waals surface area contributed by atoms with E-state index in [1.54, 1.807) is 0 Å². The first-order valence-electron chi connectivity index (χ1n) is 8.62. The minimum absolute atomic E-state index is 0.453. The van der Waals surface area contributed by atoms with Crippen molar-refractivity contribution in [1.29, 1.82) is 0 Å². The topological polar surface area (TPSA) is 59.3 Å². The number of hydrogen-bond acceptors (Lipinski definition) is 6. The normalized spacial score (nSPS) is 21.8. The summed E-state index contributed by atoms with van der Waals surface area (Å²) in [6.45, 7) is 10.3. The van der Waals surface area contributed by atoms with E-state index < -0.39 is 0 Å². The lowest BCUT2D eigenvalue weighted by atomic mass is 10.2. The second kappa shape index (κ2) is 6.49. The molecule has 1 atom stereocenters. The molecule has 2 aromatic rings. The molecule has 0 aromatic carbocycles. The lowest BCUT2D eigenvalue weighted by Crippen LogP contribution is -2.52. The van der Waals surface area contributed by atoms with Gasteiger partial charge in [-0.2, -0.15) is 0 Å². The third-order valence-electron chi connectivity index (χ3n) is 4.90. The van der Waals surface area contributed by atoms with Gasteiger partial charge in [-0.05, 0) is 26.0 Å². The predicted octanol–water partition coefficient (Wildman–Crippen LogP) is 1.22. The maximum Gasteiger partial charge on any atom is 0.159 e. The van der Waals surface area contributed by atoms with Crippen molar-refractivity contribution in [2.75, 3.05) is 31.1 Å². The Balaban J connectivity index is 1.43. The Morgan fingerprint density at radius 2 is 2.12 bits per heavy atom. The Morgan fingerprint density at radius 1 is 1.21 bits per heavy atom. The molecule has 1 fully saturated rings. The summed E-state index contributed by atoms with van der Waals surface area (Å²) in [5.74, 6) is 3.09. The fraction of sp³-hybridized carbons (Fsp3) is 0.588. The number of aryl methyl sites for hydroxylation is 1. The molecule has 2 aromatic heterocycles. The summed E-state index contributed by atoms with van der Waals surface area (Å²) in [6, 6.07) is 6.68. The van der Waals surface area contributed by atoms with Crippen LogP contribution in [0.3, 0.4) is 0 Å². The zero-order chi connectivity index (χ0) is 16.5. The predicted molar refractivity (Wildman–Crippen MR) is 90.7 cm³/mol. The monoisotopic (exact) mass is 328 g/mol. The fourth-order valence-corrected chi connectivity index (χ4v) is 3.50. The van der Waals surface area contributed by atoms with Gasteiger partial charge in [0.05, 0.1) is 13.2 Å². The van der Waals surface area contributed by atoms with Crippen LogP contribution >= 0.6 is 0 Å². The molecule has 0 unspecified atom stereocenters. The molecule has 0 radical (unpaired) electrons. The van der Waals surface area contributed by atoms with Crippen molar-refractivity contribution >= 4 is 5.82 Å². The molecule has 128 valence electrons. The fourth-order valence-electron chi connectivity index (χ4n) is 3.50.